The SMILES string of the molecule is COc1ccc(C(=O)Nc2ccc(N3CCCCC3C)c(C(N)=O)c2)s1. The zero-order valence-electron chi connectivity index (χ0n) is 15.0. The first-order valence-corrected chi connectivity index (χ1v) is 9.47. The lowest BCUT2D eigenvalue weighted by Gasteiger charge is -2.36. The lowest BCUT2D eigenvalue weighted by molar-refractivity contribution is 0.0997. The normalized spacial score (nSPS) is 17.0. The van der Waals surface area contributed by atoms with Crippen LogP contribution in [0.2, 0.25) is 0 Å². The third kappa shape index (κ3) is 3.83. The van der Waals surface area contributed by atoms with Crippen LogP contribution in [0, 0.1) is 0 Å². The molecule has 2 amide bonds. The topological polar surface area (TPSA) is 84.7 Å². The van der Waals surface area contributed by atoms with E-state index in [9.17, 15) is 9.59 Å². The molecule has 7 heteroatoms. The Morgan fingerprint density at radius 3 is 2.73 bits per heavy atom. The number of hydrogen-bond donors (Lipinski definition) is 2. The Kier molecular flexibility index (Phi) is 5.46. The number of nitrogens with two attached hydrogens (primary N) is 1. The summed E-state index contributed by atoms with van der Waals surface area (Å²) in [5.41, 5.74) is 7.42. The Bertz CT molecular complexity index is 818. The first-order chi connectivity index (χ1) is 12.5. The first-order valence-electron chi connectivity index (χ1n) is 8.65. The Morgan fingerprint density at radius 2 is 2.08 bits per heavy atom. The van der Waals surface area contributed by atoms with E-state index in [1.807, 2.05) is 12.1 Å². The van der Waals surface area contributed by atoms with E-state index in [-0.39, 0.29) is 5.91 Å². The quantitative estimate of drug-likeness (QED) is 0.840. The van der Waals surface area contributed by atoms with E-state index in [0.717, 1.165) is 25.1 Å². The van der Waals surface area contributed by atoms with Crippen LogP contribution in [0.4, 0.5) is 11.4 Å². The van der Waals surface area contributed by atoms with Crippen molar-refractivity contribution in [3.05, 3.63) is 40.8 Å². The molecule has 1 fully saturated rings. The molecule has 3 N–H and O–H groups in total. The summed E-state index contributed by atoms with van der Waals surface area (Å²) in [6.07, 6.45) is 3.39. The van der Waals surface area contributed by atoms with Gasteiger partial charge in [-0.2, -0.15) is 0 Å². The van der Waals surface area contributed by atoms with Gasteiger partial charge in [0.25, 0.3) is 11.8 Å². The predicted octanol–water partition coefficient (Wildman–Crippen LogP) is 3.49. The first kappa shape index (κ1) is 18.3. The number of carbonyl (C=O) groups is 2. The smallest absolute Gasteiger partial charge is 0.265 e. The molecule has 26 heavy (non-hydrogen) atoms. The van der Waals surface area contributed by atoms with Gasteiger partial charge in [-0.15, -0.1) is 0 Å². The molecule has 2 heterocycles. The van der Waals surface area contributed by atoms with Gasteiger partial charge in [0.1, 0.15) is 0 Å². The number of ether oxygens (including phenoxy) is 1. The van der Waals surface area contributed by atoms with Crippen LogP contribution in [-0.4, -0.2) is 31.5 Å². The fourth-order valence-electron chi connectivity index (χ4n) is 3.26. The van der Waals surface area contributed by atoms with Crippen molar-refractivity contribution in [2.45, 2.75) is 32.2 Å². The van der Waals surface area contributed by atoms with Crippen LogP contribution in [0.25, 0.3) is 0 Å². The number of carbonyl (C=O) groups excluding carboxylic acids is 2. The minimum atomic E-state index is -0.494. The molecule has 6 nitrogen and oxygen atoms in total. The number of piperidine rings is 1. The molecule has 1 saturated heterocycles. The molecule has 1 aromatic heterocycles. The van der Waals surface area contributed by atoms with Gasteiger partial charge in [0, 0.05) is 24.0 Å². The van der Waals surface area contributed by atoms with Gasteiger partial charge >= 0.3 is 0 Å². The van der Waals surface area contributed by atoms with Gasteiger partial charge in [-0.05, 0) is 56.5 Å². The molecule has 2 aromatic rings. The third-order valence-electron chi connectivity index (χ3n) is 4.64. The number of rotatable bonds is 5. The number of hydrogen-bond acceptors (Lipinski definition) is 5. The summed E-state index contributed by atoms with van der Waals surface area (Å²) in [5, 5.41) is 3.49. The van der Waals surface area contributed by atoms with Crippen LogP contribution < -0.4 is 20.7 Å². The second-order valence-corrected chi connectivity index (χ2v) is 7.46. The van der Waals surface area contributed by atoms with Crippen molar-refractivity contribution in [3.8, 4) is 5.06 Å². The van der Waals surface area contributed by atoms with E-state index in [4.69, 9.17) is 10.5 Å². The monoisotopic (exact) mass is 373 g/mol. The molecule has 0 spiro atoms. The van der Waals surface area contributed by atoms with E-state index < -0.39 is 5.91 Å². The summed E-state index contributed by atoms with van der Waals surface area (Å²) >= 11 is 1.26. The van der Waals surface area contributed by atoms with Gasteiger partial charge < -0.3 is 20.7 Å². The molecule has 0 bridgehead atoms. The number of thiophene rings is 1. The molecule has 138 valence electrons. The second-order valence-electron chi connectivity index (χ2n) is 6.41. The van der Waals surface area contributed by atoms with Crippen LogP contribution in [0.5, 0.6) is 5.06 Å². The van der Waals surface area contributed by atoms with Crippen molar-refractivity contribution in [2.24, 2.45) is 5.73 Å². The van der Waals surface area contributed by atoms with Crippen molar-refractivity contribution >= 4 is 34.5 Å². The summed E-state index contributed by atoms with van der Waals surface area (Å²) in [6.45, 7) is 3.06. The fourth-order valence-corrected chi connectivity index (χ4v) is 3.98. The maximum Gasteiger partial charge on any atom is 0.265 e. The number of nitrogens with one attached hydrogen (secondary N) is 1. The Balaban J connectivity index is 1.84. The lowest BCUT2D eigenvalue weighted by atomic mass is 10.0. The summed E-state index contributed by atoms with van der Waals surface area (Å²) in [6, 6.07) is 9.15. The number of anilines is 2. The van der Waals surface area contributed by atoms with Crippen LogP contribution in [0.3, 0.4) is 0 Å². The van der Waals surface area contributed by atoms with Gasteiger partial charge in [-0.3, -0.25) is 9.59 Å². The third-order valence-corrected chi connectivity index (χ3v) is 5.68. The molecule has 1 atom stereocenters. The molecule has 1 aliphatic heterocycles. The molecule has 0 saturated carbocycles. The van der Waals surface area contributed by atoms with Gasteiger partial charge in [0.2, 0.25) is 0 Å². The number of nitrogens with zero attached hydrogens (tertiary/aromatic N) is 1. The highest BCUT2D eigenvalue weighted by molar-refractivity contribution is 7.15. The van der Waals surface area contributed by atoms with Gasteiger partial charge in [0.05, 0.1) is 17.6 Å². The zero-order valence-corrected chi connectivity index (χ0v) is 15.8. The average Bonchev–Trinajstić information content (AvgIpc) is 3.11. The average molecular weight is 373 g/mol. The Labute approximate surface area is 156 Å². The Morgan fingerprint density at radius 1 is 1.27 bits per heavy atom. The molecular weight excluding hydrogens is 350 g/mol. The number of amides is 2. The van der Waals surface area contributed by atoms with Gasteiger partial charge in [-0.1, -0.05) is 11.3 Å². The standard InChI is InChI=1S/C19H23N3O3S/c1-12-5-3-4-10-22(12)15-7-6-13(11-14(15)18(20)23)21-19(24)16-8-9-17(25-2)26-16/h6-9,11-12H,3-5,10H2,1-2H3,(H2,20,23)(H,21,24). The number of benzene rings is 1. The second kappa shape index (κ2) is 7.78. The summed E-state index contributed by atoms with van der Waals surface area (Å²) in [5.74, 6) is -0.737. The largest absolute Gasteiger partial charge is 0.487 e. The van der Waals surface area contributed by atoms with E-state index in [2.05, 4.69) is 17.1 Å². The molecule has 1 aliphatic rings. The van der Waals surface area contributed by atoms with Crippen LogP contribution in [0.1, 0.15) is 46.2 Å². The van der Waals surface area contributed by atoms with Crippen LogP contribution >= 0.6 is 11.3 Å². The van der Waals surface area contributed by atoms with Crippen molar-refractivity contribution < 1.29 is 14.3 Å². The van der Waals surface area contributed by atoms with E-state index in [1.54, 1.807) is 25.3 Å². The van der Waals surface area contributed by atoms with Crippen molar-refractivity contribution in [2.75, 3.05) is 23.9 Å². The summed E-state index contributed by atoms with van der Waals surface area (Å²) in [7, 11) is 1.56. The van der Waals surface area contributed by atoms with Gasteiger partial charge in [0.15, 0.2) is 5.06 Å². The lowest BCUT2D eigenvalue weighted by Crippen LogP contribution is -2.38. The zero-order chi connectivity index (χ0) is 18.7. The van der Waals surface area contributed by atoms with Crippen molar-refractivity contribution in [1.29, 1.82) is 0 Å². The van der Waals surface area contributed by atoms with E-state index >= 15 is 0 Å². The highest BCUT2D eigenvalue weighted by atomic mass is 32.1. The number of methoxy groups -OCH3 is 1. The van der Waals surface area contributed by atoms with E-state index in [1.165, 1.54) is 17.8 Å². The Hall–Kier alpha value is -2.54. The predicted molar refractivity (Wildman–Crippen MR) is 104 cm³/mol. The molecule has 1 unspecified atom stereocenters. The molecular formula is C19H23N3O3S. The van der Waals surface area contributed by atoms with Crippen LogP contribution in [0.15, 0.2) is 30.3 Å². The highest BCUT2D eigenvalue weighted by Crippen LogP contribution is 2.30. The maximum absolute atomic E-state index is 12.4. The summed E-state index contributed by atoms with van der Waals surface area (Å²) in [4.78, 5) is 27.1. The summed E-state index contributed by atoms with van der Waals surface area (Å²) < 4.78 is 5.11. The molecule has 0 radical (unpaired) electrons. The highest BCUT2D eigenvalue weighted by Gasteiger charge is 2.23. The molecule has 0 aliphatic carbocycles. The van der Waals surface area contributed by atoms with Crippen molar-refractivity contribution in [1.82, 2.24) is 0 Å². The molecule has 3 rings (SSSR count). The minimum Gasteiger partial charge on any atom is -0.487 e. The number of primary amides is 1. The van der Waals surface area contributed by atoms with E-state index in [0.29, 0.717) is 27.2 Å². The maximum atomic E-state index is 12.4. The minimum absolute atomic E-state index is 0.243. The van der Waals surface area contributed by atoms with Crippen molar-refractivity contribution in [3.63, 3.8) is 0 Å². The fraction of sp³-hybridized carbons (Fsp3) is 0.368. The van der Waals surface area contributed by atoms with Gasteiger partial charge in [-0.25, -0.2) is 0 Å². The molecule has 1 aromatic carbocycles. The van der Waals surface area contributed by atoms with Crippen LogP contribution in [-0.2, 0) is 0 Å².